The number of nitrogens with one attached hydrogen (secondary N) is 1. The highest BCUT2D eigenvalue weighted by molar-refractivity contribution is 6.02. The van der Waals surface area contributed by atoms with E-state index in [1.165, 1.54) is 6.92 Å². The van der Waals surface area contributed by atoms with Crippen LogP contribution in [0.3, 0.4) is 0 Å². The second kappa shape index (κ2) is 3.79. The molecule has 0 spiro atoms. The van der Waals surface area contributed by atoms with Crippen molar-refractivity contribution in [2.45, 2.75) is 13.0 Å². The monoisotopic (exact) mass is 142 g/mol. The van der Waals surface area contributed by atoms with Crippen molar-refractivity contribution in [3.63, 3.8) is 0 Å². The van der Waals surface area contributed by atoms with Gasteiger partial charge in [0.15, 0.2) is 0 Å². The van der Waals surface area contributed by atoms with E-state index in [0.717, 1.165) is 6.08 Å². The van der Waals surface area contributed by atoms with E-state index >= 15 is 0 Å². The Labute approximate surface area is 59.1 Å². The van der Waals surface area contributed by atoms with Crippen LogP contribution in [0.2, 0.25) is 0 Å². The van der Waals surface area contributed by atoms with E-state index in [4.69, 9.17) is 5.73 Å². The van der Waals surface area contributed by atoms with Gasteiger partial charge in [0.2, 0.25) is 11.8 Å². The highest BCUT2D eigenvalue weighted by Crippen LogP contribution is 1.74. The van der Waals surface area contributed by atoms with Crippen molar-refractivity contribution in [1.29, 1.82) is 0 Å². The Bertz CT molecular complexity index is 163. The molecule has 56 valence electrons. The summed E-state index contributed by atoms with van der Waals surface area (Å²) in [6.07, 6.45) is 1.01. The molecule has 0 aliphatic carbocycles. The molecule has 0 saturated carbocycles. The fraction of sp³-hybridized carbons (Fsp3) is 0.333. The van der Waals surface area contributed by atoms with Gasteiger partial charge in [-0.25, -0.2) is 0 Å². The van der Waals surface area contributed by atoms with Crippen molar-refractivity contribution in [3.05, 3.63) is 12.7 Å². The van der Waals surface area contributed by atoms with Crippen LogP contribution in [-0.2, 0) is 9.59 Å². The number of hydrogen-bond acceptors (Lipinski definition) is 3. The first-order chi connectivity index (χ1) is 4.57. The first-order valence-corrected chi connectivity index (χ1v) is 2.80. The molecule has 3 N–H and O–H groups in total. The van der Waals surface area contributed by atoms with Gasteiger partial charge >= 0.3 is 0 Å². The Balaban J connectivity index is 3.80. The fourth-order valence-electron chi connectivity index (χ4n) is 0.286. The molecule has 0 aromatic heterocycles. The van der Waals surface area contributed by atoms with Gasteiger partial charge in [-0.05, 0) is 13.0 Å². The van der Waals surface area contributed by atoms with E-state index in [-0.39, 0.29) is 0 Å². The number of carbonyl (C=O) groups excluding carboxylic acids is 2. The molecule has 0 aliphatic rings. The summed E-state index contributed by atoms with van der Waals surface area (Å²) in [5.41, 5.74) is 5.14. The van der Waals surface area contributed by atoms with Crippen LogP contribution in [0.25, 0.3) is 0 Å². The van der Waals surface area contributed by atoms with Crippen LogP contribution < -0.4 is 11.1 Å². The third-order valence-corrected chi connectivity index (χ3v) is 0.845. The molecule has 0 aromatic rings. The fourth-order valence-corrected chi connectivity index (χ4v) is 0.286. The highest BCUT2D eigenvalue weighted by atomic mass is 16.2. The predicted octanol–water partition coefficient (Wildman–Crippen LogP) is -0.838. The van der Waals surface area contributed by atoms with Crippen molar-refractivity contribution in [3.8, 4) is 0 Å². The lowest BCUT2D eigenvalue weighted by Gasteiger charge is -2.02. The van der Waals surface area contributed by atoms with Gasteiger partial charge in [0.25, 0.3) is 0 Å². The number of rotatable bonds is 2. The van der Waals surface area contributed by atoms with Crippen molar-refractivity contribution >= 4 is 11.8 Å². The van der Waals surface area contributed by atoms with E-state index in [9.17, 15) is 9.59 Å². The predicted molar refractivity (Wildman–Crippen MR) is 37.0 cm³/mol. The van der Waals surface area contributed by atoms with Gasteiger partial charge in [-0.2, -0.15) is 0 Å². The number of nitrogens with two attached hydrogens (primary N) is 1. The SMILES string of the molecule is C=CC(=O)NC(=O)[C@H](C)N. The van der Waals surface area contributed by atoms with E-state index in [1.807, 2.05) is 5.32 Å². The maximum absolute atomic E-state index is 10.6. The van der Waals surface area contributed by atoms with Crippen molar-refractivity contribution in [1.82, 2.24) is 5.32 Å². The quantitative estimate of drug-likeness (QED) is 0.494. The summed E-state index contributed by atoms with van der Waals surface area (Å²) in [4.78, 5) is 21.0. The van der Waals surface area contributed by atoms with Crippen LogP contribution in [0, 0.1) is 0 Å². The van der Waals surface area contributed by atoms with Gasteiger partial charge in [-0.3, -0.25) is 14.9 Å². The normalized spacial score (nSPS) is 11.8. The second-order valence-electron chi connectivity index (χ2n) is 1.85. The maximum Gasteiger partial charge on any atom is 0.249 e. The second-order valence-corrected chi connectivity index (χ2v) is 1.85. The number of imide groups is 1. The molecule has 0 saturated heterocycles. The smallest absolute Gasteiger partial charge is 0.249 e. The molecule has 2 amide bonds. The Kier molecular flexibility index (Phi) is 3.35. The molecule has 4 heteroatoms. The first kappa shape index (κ1) is 8.84. The Morgan fingerprint density at radius 2 is 2.20 bits per heavy atom. The Morgan fingerprint density at radius 1 is 1.70 bits per heavy atom. The summed E-state index contributed by atoms with van der Waals surface area (Å²) in [6.45, 7) is 4.66. The summed E-state index contributed by atoms with van der Waals surface area (Å²) in [5.74, 6) is -1.02. The zero-order valence-electron chi connectivity index (χ0n) is 5.76. The van der Waals surface area contributed by atoms with Crippen LogP contribution in [0.4, 0.5) is 0 Å². The molecule has 0 unspecified atom stereocenters. The van der Waals surface area contributed by atoms with Gasteiger partial charge in [0, 0.05) is 0 Å². The topological polar surface area (TPSA) is 72.2 Å². The summed E-state index contributed by atoms with van der Waals surface area (Å²) < 4.78 is 0. The average Bonchev–Trinajstić information content (AvgIpc) is 1.87. The summed E-state index contributed by atoms with van der Waals surface area (Å²) >= 11 is 0. The van der Waals surface area contributed by atoms with Crippen molar-refractivity contribution in [2.75, 3.05) is 0 Å². The lowest BCUT2D eigenvalue weighted by atomic mass is 10.3. The Morgan fingerprint density at radius 3 is 2.50 bits per heavy atom. The van der Waals surface area contributed by atoms with Crippen LogP contribution in [-0.4, -0.2) is 17.9 Å². The van der Waals surface area contributed by atoms with Crippen molar-refractivity contribution < 1.29 is 9.59 Å². The Hall–Kier alpha value is -1.16. The van der Waals surface area contributed by atoms with Crippen LogP contribution in [0.15, 0.2) is 12.7 Å². The number of hydrogen-bond donors (Lipinski definition) is 2. The molecule has 0 heterocycles. The minimum Gasteiger partial charge on any atom is -0.320 e. The van der Waals surface area contributed by atoms with Gasteiger partial charge in [-0.1, -0.05) is 6.58 Å². The summed E-state index contributed by atoms with van der Waals surface area (Å²) in [6, 6.07) is -0.663. The molecule has 4 nitrogen and oxygen atoms in total. The minimum atomic E-state index is -0.663. The zero-order chi connectivity index (χ0) is 8.15. The van der Waals surface area contributed by atoms with E-state index in [2.05, 4.69) is 6.58 Å². The largest absolute Gasteiger partial charge is 0.320 e. The molecule has 0 rings (SSSR count). The van der Waals surface area contributed by atoms with E-state index in [1.54, 1.807) is 0 Å². The molecule has 0 aromatic carbocycles. The molecule has 0 bridgehead atoms. The lowest BCUT2D eigenvalue weighted by molar-refractivity contribution is -0.128. The molecule has 0 aliphatic heterocycles. The van der Waals surface area contributed by atoms with E-state index in [0.29, 0.717) is 0 Å². The van der Waals surface area contributed by atoms with E-state index < -0.39 is 17.9 Å². The van der Waals surface area contributed by atoms with Crippen LogP contribution >= 0.6 is 0 Å². The molecular weight excluding hydrogens is 132 g/mol. The molecule has 10 heavy (non-hydrogen) atoms. The third-order valence-electron chi connectivity index (χ3n) is 0.845. The average molecular weight is 142 g/mol. The molecule has 0 radical (unpaired) electrons. The standard InChI is InChI=1S/C6H10N2O2/c1-3-5(9)8-6(10)4(2)7/h3-4H,1,7H2,2H3,(H,8,9,10)/t4-/m0/s1. The highest BCUT2D eigenvalue weighted by Gasteiger charge is 2.08. The zero-order valence-corrected chi connectivity index (χ0v) is 5.76. The van der Waals surface area contributed by atoms with Crippen LogP contribution in [0.1, 0.15) is 6.92 Å². The molecular formula is C6H10N2O2. The van der Waals surface area contributed by atoms with Gasteiger partial charge in [-0.15, -0.1) is 0 Å². The maximum atomic E-state index is 10.6. The number of amides is 2. The molecule has 0 fully saturated rings. The van der Waals surface area contributed by atoms with Gasteiger partial charge in [0.1, 0.15) is 0 Å². The number of carbonyl (C=O) groups is 2. The van der Waals surface area contributed by atoms with Gasteiger partial charge in [0.05, 0.1) is 6.04 Å². The van der Waals surface area contributed by atoms with Crippen molar-refractivity contribution in [2.24, 2.45) is 5.73 Å². The van der Waals surface area contributed by atoms with Gasteiger partial charge < -0.3 is 5.73 Å². The molecule has 1 atom stereocenters. The minimum absolute atomic E-state index is 0.495. The third kappa shape index (κ3) is 2.99. The summed E-state index contributed by atoms with van der Waals surface area (Å²) in [5, 5.41) is 2.01. The lowest BCUT2D eigenvalue weighted by Crippen LogP contribution is -2.40. The summed E-state index contributed by atoms with van der Waals surface area (Å²) in [7, 11) is 0. The first-order valence-electron chi connectivity index (χ1n) is 2.80. The van der Waals surface area contributed by atoms with Crippen LogP contribution in [0.5, 0.6) is 0 Å².